The molecule has 84 valence electrons. The van der Waals surface area contributed by atoms with Crippen molar-refractivity contribution in [2.75, 3.05) is 6.26 Å². The quantitative estimate of drug-likeness (QED) is 0.532. The molecule has 0 fully saturated rings. The highest BCUT2D eigenvalue weighted by atomic mass is 32.2. The van der Waals surface area contributed by atoms with E-state index in [4.69, 9.17) is 0 Å². The summed E-state index contributed by atoms with van der Waals surface area (Å²) in [4.78, 5) is 1.25. The number of benzene rings is 2. The van der Waals surface area contributed by atoms with Gasteiger partial charge in [-0.2, -0.15) is 0 Å². The van der Waals surface area contributed by atoms with Crippen molar-refractivity contribution in [3.05, 3.63) is 65.2 Å². The number of thioether (sulfide) groups is 1. The standard InChI is InChI=1S/C16H14S/c1-13-6-8-14(9-7-13)10-11-15-4-3-5-16(12-15)17-2/h3-9,12H,1-2H3. The molecule has 0 aliphatic rings. The van der Waals surface area contributed by atoms with Gasteiger partial charge in [-0.15, -0.1) is 11.8 Å². The van der Waals surface area contributed by atoms with Crippen molar-refractivity contribution >= 4 is 11.8 Å². The van der Waals surface area contributed by atoms with Gasteiger partial charge < -0.3 is 0 Å². The van der Waals surface area contributed by atoms with Crippen molar-refractivity contribution in [3.63, 3.8) is 0 Å². The number of rotatable bonds is 1. The van der Waals surface area contributed by atoms with Crippen LogP contribution >= 0.6 is 11.8 Å². The summed E-state index contributed by atoms with van der Waals surface area (Å²) in [6.07, 6.45) is 2.08. The second-order valence-corrected chi connectivity index (χ2v) is 4.73. The number of aryl methyl sites for hydroxylation is 1. The highest BCUT2D eigenvalue weighted by Gasteiger charge is 1.91. The van der Waals surface area contributed by atoms with E-state index >= 15 is 0 Å². The van der Waals surface area contributed by atoms with Gasteiger partial charge in [-0.05, 0) is 43.5 Å². The molecule has 1 heteroatoms. The van der Waals surface area contributed by atoms with Gasteiger partial charge in [0, 0.05) is 16.0 Å². The zero-order valence-electron chi connectivity index (χ0n) is 10.0. The van der Waals surface area contributed by atoms with Crippen LogP contribution in [0.15, 0.2) is 53.4 Å². The van der Waals surface area contributed by atoms with E-state index in [0.29, 0.717) is 0 Å². The Morgan fingerprint density at radius 1 is 0.882 bits per heavy atom. The SMILES string of the molecule is CSc1cccc(C#Cc2ccc(C)cc2)c1. The van der Waals surface area contributed by atoms with E-state index in [9.17, 15) is 0 Å². The highest BCUT2D eigenvalue weighted by Crippen LogP contribution is 2.15. The fraction of sp³-hybridized carbons (Fsp3) is 0.125. The van der Waals surface area contributed by atoms with Crippen LogP contribution in [0.4, 0.5) is 0 Å². The van der Waals surface area contributed by atoms with Crippen molar-refractivity contribution in [3.8, 4) is 11.8 Å². The van der Waals surface area contributed by atoms with Gasteiger partial charge >= 0.3 is 0 Å². The topological polar surface area (TPSA) is 0 Å². The Kier molecular flexibility index (Phi) is 3.90. The summed E-state index contributed by atoms with van der Waals surface area (Å²) in [6.45, 7) is 2.08. The van der Waals surface area contributed by atoms with Gasteiger partial charge in [0.25, 0.3) is 0 Å². The molecule has 0 aliphatic heterocycles. The summed E-state index contributed by atoms with van der Waals surface area (Å²) in [5.74, 6) is 6.37. The summed E-state index contributed by atoms with van der Waals surface area (Å²) in [7, 11) is 0. The van der Waals surface area contributed by atoms with Crippen LogP contribution in [0.25, 0.3) is 0 Å². The molecule has 0 N–H and O–H groups in total. The van der Waals surface area contributed by atoms with Gasteiger partial charge in [0.1, 0.15) is 0 Å². The monoisotopic (exact) mass is 238 g/mol. The second kappa shape index (κ2) is 5.61. The first-order chi connectivity index (χ1) is 8.28. The second-order valence-electron chi connectivity index (χ2n) is 3.85. The lowest BCUT2D eigenvalue weighted by atomic mass is 10.1. The van der Waals surface area contributed by atoms with Gasteiger partial charge in [0.2, 0.25) is 0 Å². The Morgan fingerprint density at radius 3 is 2.29 bits per heavy atom. The maximum absolute atomic E-state index is 3.19. The van der Waals surface area contributed by atoms with E-state index in [1.54, 1.807) is 11.8 Å². The first-order valence-corrected chi connectivity index (χ1v) is 6.73. The Morgan fingerprint density at radius 2 is 1.59 bits per heavy atom. The third-order valence-corrected chi connectivity index (χ3v) is 3.20. The van der Waals surface area contributed by atoms with Crippen LogP contribution in [0.2, 0.25) is 0 Å². The summed E-state index contributed by atoms with van der Waals surface area (Å²) >= 11 is 1.74. The van der Waals surface area contributed by atoms with E-state index < -0.39 is 0 Å². The third-order valence-electron chi connectivity index (χ3n) is 2.47. The van der Waals surface area contributed by atoms with Crippen molar-refractivity contribution < 1.29 is 0 Å². The van der Waals surface area contributed by atoms with E-state index in [1.807, 2.05) is 12.1 Å². The Labute approximate surface area is 107 Å². The van der Waals surface area contributed by atoms with Crippen LogP contribution in [-0.4, -0.2) is 6.26 Å². The Hall–Kier alpha value is -1.65. The predicted octanol–water partition coefficient (Wildman–Crippen LogP) is 4.12. The van der Waals surface area contributed by atoms with Gasteiger partial charge in [-0.3, -0.25) is 0 Å². The normalized spacial score (nSPS) is 9.53. The molecule has 2 rings (SSSR count). The van der Waals surface area contributed by atoms with Crippen LogP contribution in [0.1, 0.15) is 16.7 Å². The fourth-order valence-electron chi connectivity index (χ4n) is 1.48. The molecule has 2 aromatic rings. The number of hydrogen-bond donors (Lipinski definition) is 0. The largest absolute Gasteiger partial charge is 0.130 e. The molecule has 2 aromatic carbocycles. The summed E-state index contributed by atoms with van der Waals surface area (Å²) in [6, 6.07) is 16.6. The smallest absolute Gasteiger partial charge is 0.0260 e. The maximum Gasteiger partial charge on any atom is 0.0260 e. The molecule has 0 aliphatic carbocycles. The van der Waals surface area contributed by atoms with Gasteiger partial charge in [-0.25, -0.2) is 0 Å². The molecule has 0 atom stereocenters. The van der Waals surface area contributed by atoms with E-state index in [-0.39, 0.29) is 0 Å². The molecule has 0 bridgehead atoms. The molecule has 0 unspecified atom stereocenters. The minimum Gasteiger partial charge on any atom is -0.130 e. The van der Waals surface area contributed by atoms with Crippen LogP contribution in [0.5, 0.6) is 0 Å². The van der Waals surface area contributed by atoms with Crippen LogP contribution in [-0.2, 0) is 0 Å². The fourth-order valence-corrected chi connectivity index (χ4v) is 1.94. The summed E-state index contributed by atoms with van der Waals surface area (Å²) < 4.78 is 0. The lowest BCUT2D eigenvalue weighted by molar-refractivity contribution is 1.44. The third kappa shape index (κ3) is 3.41. The van der Waals surface area contributed by atoms with E-state index in [2.05, 4.69) is 61.4 Å². The molecule has 0 aromatic heterocycles. The minimum absolute atomic E-state index is 1.06. The lowest BCUT2D eigenvalue weighted by Crippen LogP contribution is -1.78. The van der Waals surface area contributed by atoms with Crippen molar-refractivity contribution in [2.45, 2.75) is 11.8 Å². The molecule has 0 saturated carbocycles. The maximum atomic E-state index is 3.19. The molecule has 0 nitrogen and oxygen atoms in total. The van der Waals surface area contributed by atoms with Gasteiger partial charge in [0.05, 0.1) is 0 Å². The average Bonchev–Trinajstić information content (AvgIpc) is 2.38. The molecule has 0 spiro atoms. The van der Waals surface area contributed by atoms with Crippen LogP contribution < -0.4 is 0 Å². The van der Waals surface area contributed by atoms with Crippen LogP contribution in [0, 0.1) is 18.8 Å². The average molecular weight is 238 g/mol. The molecular formula is C16H14S. The zero-order valence-corrected chi connectivity index (χ0v) is 10.8. The molecule has 0 amide bonds. The number of hydrogen-bond acceptors (Lipinski definition) is 1. The zero-order chi connectivity index (χ0) is 12.1. The van der Waals surface area contributed by atoms with Gasteiger partial charge in [0.15, 0.2) is 0 Å². The first-order valence-electron chi connectivity index (χ1n) is 5.51. The summed E-state index contributed by atoms with van der Waals surface area (Å²) in [5.41, 5.74) is 3.39. The Balaban J connectivity index is 2.23. The van der Waals surface area contributed by atoms with Crippen molar-refractivity contribution in [2.24, 2.45) is 0 Å². The summed E-state index contributed by atoms with van der Waals surface area (Å²) in [5, 5.41) is 0. The Bertz CT molecular complexity index is 556. The highest BCUT2D eigenvalue weighted by molar-refractivity contribution is 7.98. The van der Waals surface area contributed by atoms with Crippen molar-refractivity contribution in [1.29, 1.82) is 0 Å². The molecule has 0 heterocycles. The van der Waals surface area contributed by atoms with Crippen molar-refractivity contribution in [1.82, 2.24) is 0 Å². The molecular weight excluding hydrogens is 224 g/mol. The molecule has 0 radical (unpaired) electrons. The molecule has 0 saturated heterocycles. The minimum atomic E-state index is 1.06. The van der Waals surface area contributed by atoms with Gasteiger partial charge in [-0.1, -0.05) is 35.6 Å². The first kappa shape index (κ1) is 11.8. The predicted molar refractivity (Wildman–Crippen MR) is 75.4 cm³/mol. The van der Waals surface area contributed by atoms with Crippen LogP contribution in [0.3, 0.4) is 0 Å². The van der Waals surface area contributed by atoms with E-state index in [1.165, 1.54) is 10.5 Å². The lowest BCUT2D eigenvalue weighted by Gasteiger charge is -1.96. The van der Waals surface area contributed by atoms with E-state index in [0.717, 1.165) is 11.1 Å². The molecule has 17 heavy (non-hydrogen) atoms.